The number of carbonyl (C=O) groups is 1. The minimum absolute atomic E-state index is 0.00757. The third-order valence-corrected chi connectivity index (χ3v) is 6.47. The normalized spacial score (nSPS) is 15.2. The van der Waals surface area contributed by atoms with E-state index in [1.165, 1.54) is 18.2 Å². The molecule has 0 amide bonds. The predicted molar refractivity (Wildman–Crippen MR) is 124 cm³/mol. The maximum atomic E-state index is 13.5. The van der Waals surface area contributed by atoms with E-state index in [2.05, 4.69) is 0 Å². The molecule has 0 spiro atoms. The van der Waals surface area contributed by atoms with Crippen molar-refractivity contribution in [1.29, 1.82) is 0 Å². The topological polar surface area (TPSA) is 108 Å². The zero-order chi connectivity index (χ0) is 24.3. The molecule has 6 nitrogen and oxygen atoms in total. The average Bonchev–Trinajstić information content (AvgIpc) is 2.64. The number of aliphatic carboxylic acids is 1. The van der Waals surface area contributed by atoms with Crippen molar-refractivity contribution in [2.75, 3.05) is 6.16 Å². The summed E-state index contributed by atoms with van der Waals surface area (Å²) in [5.41, 5.74) is 3.41. The fourth-order valence-corrected chi connectivity index (χ4v) is 4.50. The fourth-order valence-electron chi connectivity index (χ4n) is 3.26. The average molecular weight is 463 g/mol. The summed E-state index contributed by atoms with van der Waals surface area (Å²) in [7, 11) is -3.97. The number of pyridine rings is 1. The van der Waals surface area contributed by atoms with Crippen LogP contribution in [0.5, 0.6) is 0 Å². The van der Waals surface area contributed by atoms with E-state index in [0.29, 0.717) is 5.56 Å². The summed E-state index contributed by atoms with van der Waals surface area (Å²) < 4.78 is 26.2. The number of rotatable bonds is 8. The van der Waals surface area contributed by atoms with E-state index in [1.54, 1.807) is 12.1 Å². The van der Waals surface area contributed by atoms with Gasteiger partial charge in [0.1, 0.15) is 5.82 Å². The molecule has 32 heavy (non-hydrogen) atoms. The SMILES string of the molecule is CC(C)c1nc(C(C)(C)C)cc(-c2ccc(F)cc2)c1C=CP(=O)(O)C[C@@H](O)CC(=O)O. The maximum Gasteiger partial charge on any atom is 0.305 e. The molecule has 2 rings (SSSR count). The Labute approximate surface area is 188 Å². The Morgan fingerprint density at radius 3 is 2.31 bits per heavy atom. The largest absolute Gasteiger partial charge is 0.481 e. The van der Waals surface area contributed by atoms with Gasteiger partial charge in [-0.15, -0.1) is 0 Å². The Morgan fingerprint density at radius 1 is 1.22 bits per heavy atom. The van der Waals surface area contributed by atoms with Gasteiger partial charge in [0, 0.05) is 22.5 Å². The van der Waals surface area contributed by atoms with E-state index in [4.69, 9.17) is 10.1 Å². The number of nitrogens with zero attached hydrogens (tertiary/aromatic N) is 1. The Balaban J connectivity index is 2.63. The van der Waals surface area contributed by atoms with Crippen LogP contribution in [0.25, 0.3) is 17.2 Å². The van der Waals surface area contributed by atoms with Crippen LogP contribution in [0.1, 0.15) is 63.9 Å². The zero-order valence-corrected chi connectivity index (χ0v) is 19.9. The minimum Gasteiger partial charge on any atom is -0.481 e. The molecule has 2 atom stereocenters. The molecule has 1 heterocycles. The third-order valence-electron chi connectivity index (χ3n) is 4.92. The van der Waals surface area contributed by atoms with Crippen molar-refractivity contribution in [3.8, 4) is 11.1 Å². The van der Waals surface area contributed by atoms with Gasteiger partial charge in [0.15, 0.2) is 0 Å². The standard InChI is InChI=1S/C24H31FNO5P/c1-15(2)23-19(10-11-32(30,31)14-18(27)12-22(28)29)20(13-21(26-23)24(3,4)5)16-6-8-17(25)9-7-16/h6-11,13,15,18,27H,12,14H2,1-5H3,(H,28,29)(H,30,31)/t18-/m0/s1. The van der Waals surface area contributed by atoms with E-state index < -0.39 is 32.0 Å². The van der Waals surface area contributed by atoms with Crippen LogP contribution in [0.15, 0.2) is 36.1 Å². The molecule has 8 heteroatoms. The van der Waals surface area contributed by atoms with Crippen molar-refractivity contribution in [1.82, 2.24) is 4.98 Å². The van der Waals surface area contributed by atoms with Gasteiger partial charge in [-0.3, -0.25) is 14.3 Å². The number of aliphatic hydroxyl groups excluding tert-OH is 1. The lowest BCUT2D eigenvalue weighted by atomic mass is 9.86. The second-order valence-electron chi connectivity index (χ2n) is 9.27. The van der Waals surface area contributed by atoms with Crippen molar-refractivity contribution in [2.24, 2.45) is 0 Å². The molecule has 0 saturated heterocycles. The maximum absolute atomic E-state index is 13.5. The summed E-state index contributed by atoms with van der Waals surface area (Å²) in [4.78, 5) is 25.9. The predicted octanol–water partition coefficient (Wildman–Crippen LogP) is 5.39. The summed E-state index contributed by atoms with van der Waals surface area (Å²) in [6.07, 6.45) is -1.11. The van der Waals surface area contributed by atoms with E-state index in [0.717, 1.165) is 28.3 Å². The van der Waals surface area contributed by atoms with Crippen LogP contribution in [-0.2, 0) is 14.8 Å². The van der Waals surface area contributed by atoms with Gasteiger partial charge in [-0.1, -0.05) is 46.8 Å². The molecule has 1 aromatic carbocycles. The van der Waals surface area contributed by atoms with Gasteiger partial charge in [-0.05, 0) is 41.3 Å². The first-order chi connectivity index (χ1) is 14.7. The third kappa shape index (κ3) is 7.09. The van der Waals surface area contributed by atoms with Gasteiger partial charge in [0.05, 0.1) is 24.4 Å². The van der Waals surface area contributed by atoms with Crippen molar-refractivity contribution in [2.45, 2.75) is 58.5 Å². The lowest BCUT2D eigenvalue weighted by molar-refractivity contribution is -0.138. The van der Waals surface area contributed by atoms with Crippen LogP contribution in [0, 0.1) is 5.82 Å². The van der Waals surface area contributed by atoms with Gasteiger partial charge in [-0.25, -0.2) is 4.39 Å². The van der Waals surface area contributed by atoms with E-state index in [1.807, 2.05) is 40.7 Å². The number of carboxylic acid groups (broad SMARTS) is 1. The lowest BCUT2D eigenvalue weighted by Crippen LogP contribution is -2.17. The Hall–Kier alpha value is -2.34. The first-order valence-corrected chi connectivity index (χ1v) is 12.3. The van der Waals surface area contributed by atoms with Crippen molar-refractivity contribution in [3.05, 3.63) is 58.9 Å². The van der Waals surface area contributed by atoms with Gasteiger partial charge in [0.2, 0.25) is 7.37 Å². The summed E-state index contributed by atoms with van der Waals surface area (Å²) in [6.45, 7) is 10.0. The number of carboxylic acids is 1. The molecule has 174 valence electrons. The summed E-state index contributed by atoms with van der Waals surface area (Å²) in [5.74, 6) is -0.506. The smallest absolute Gasteiger partial charge is 0.305 e. The Bertz CT molecular complexity index is 1040. The van der Waals surface area contributed by atoms with Crippen LogP contribution in [0.4, 0.5) is 4.39 Å². The minimum atomic E-state index is -3.97. The van der Waals surface area contributed by atoms with Gasteiger partial charge < -0.3 is 15.1 Å². The Morgan fingerprint density at radius 2 is 1.81 bits per heavy atom. The van der Waals surface area contributed by atoms with Crippen molar-refractivity contribution in [3.63, 3.8) is 0 Å². The summed E-state index contributed by atoms with van der Waals surface area (Å²) in [6, 6.07) is 7.91. The van der Waals surface area contributed by atoms with Crippen LogP contribution in [-0.4, -0.2) is 38.3 Å². The van der Waals surface area contributed by atoms with Gasteiger partial charge in [0.25, 0.3) is 0 Å². The van der Waals surface area contributed by atoms with Crippen molar-refractivity contribution >= 4 is 19.4 Å². The number of halogens is 1. The van der Waals surface area contributed by atoms with Crippen LogP contribution in [0.3, 0.4) is 0 Å². The van der Waals surface area contributed by atoms with Crippen LogP contribution in [0.2, 0.25) is 0 Å². The van der Waals surface area contributed by atoms with E-state index in [-0.39, 0.29) is 17.2 Å². The molecule has 1 unspecified atom stereocenters. The van der Waals surface area contributed by atoms with Crippen molar-refractivity contribution < 1.29 is 28.9 Å². The second-order valence-corrected chi connectivity index (χ2v) is 11.4. The number of benzene rings is 1. The fraction of sp³-hybridized carbons (Fsp3) is 0.417. The number of aromatic nitrogens is 1. The zero-order valence-electron chi connectivity index (χ0n) is 19.0. The highest BCUT2D eigenvalue weighted by Gasteiger charge is 2.24. The van der Waals surface area contributed by atoms with Crippen LogP contribution < -0.4 is 0 Å². The molecule has 0 saturated carbocycles. The number of hydrogen-bond donors (Lipinski definition) is 3. The monoisotopic (exact) mass is 463 g/mol. The molecule has 0 bridgehead atoms. The van der Waals surface area contributed by atoms with E-state index >= 15 is 0 Å². The molecule has 3 N–H and O–H groups in total. The molecule has 1 aromatic heterocycles. The Kier molecular flexibility index (Phi) is 8.16. The molecule has 2 aromatic rings. The lowest BCUT2D eigenvalue weighted by Gasteiger charge is -2.23. The highest BCUT2D eigenvalue weighted by molar-refractivity contribution is 7.61. The quantitative estimate of drug-likeness (QED) is 0.454. The molecule has 0 aliphatic heterocycles. The number of hydrogen-bond acceptors (Lipinski definition) is 4. The molecule has 0 radical (unpaired) electrons. The van der Waals surface area contributed by atoms with Crippen LogP contribution >= 0.6 is 7.37 Å². The molecule has 0 aliphatic rings. The molecular weight excluding hydrogens is 432 g/mol. The summed E-state index contributed by atoms with van der Waals surface area (Å²) in [5, 5.41) is 18.6. The highest BCUT2D eigenvalue weighted by Crippen LogP contribution is 2.45. The molecule has 0 aliphatic carbocycles. The van der Waals surface area contributed by atoms with Gasteiger partial charge >= 0.3 is 5.97 Å². The molecular formula is C24H31FNO5P. The number of aliphatic hydroxyl groups is 1. The first kappa shape index (κ1) is 25.9. The highest BCUT2D eigenvalue weighted by atomic mass is 31.2. The van der Waals surface area contributed by atoms with E-state index in [9.17, 15) is 23.7 Å². The second kappa shape index (κ2) is 10.1. The van der Waals surface area contributed by atoms with Gasteiger partial charge in [-0.2, -0.15) is 0 Å². The summed E-state index contributed by atoms with van der Waals surface area (Å²) >= 11 is 0. The first-order valence-electron chi connectivity index (χ1n) is 10.4. The molecule has 0 fully saturated rings.